The summed E-state index contributed by atoms with van der Waals surface area (Å²) in [6.07, 6.45) is 4.35. The van der Waals surface area contributed by atoms with Crippen LogP contribution in [0.3, 0.4) is 0 Å². The SMILES string of the molecule is C=CCN(C(=O)OCc1ccc(C)cc1)C1CCN(CCC(CO)CNC)CC1. The average molecular weight is 404 g/mol. The lowest BCUT2D eigenvalue weighted by atomic mass is 10.0. The fourth-order valence-electron chi connectivity index (χ4n) is 3.79. The zero-order valence-electron chi connectivity index (χ0n) is 18.0. The largest absolute Gasteiger partial charge is 0.445 e. The van der Waals surface area contributed by atoms with Crippen LogP contribution in [0.4, 0.5) is 4.79 Å². The van der Waals surface area contributed by atoms with E-state index in [1.807, 2.05) is 43.1 Å². The Morgan fingerprint density at radius 2 is 2.07 bits per heavy atom. The standard InChI is InChI=1S/C23H37N3O3/c1-4-12-26(23(28)29-18-20-7-5-19(2)6-8-20)22-10-14-25(15-11-22)13-9-21(17-27)16-24-3/h4-8,21-22,24,27H,1,9-18H2,2-3H3. The van der Waals surface area contributed by atoms with Gasteiger partial charge in [0.25, 0.3) is 0 Å². The van der Waals surface area contributed by atoms with E-state index < -0.39 is 0 Å². The number of carbonyl (C=O) groups is 1. The van der Waals surface area contributed by atoms with Gasteiger partial charge in [0.1, 0.15) is 6.61 Å². The molecule has 0 aliphatic carbocycles. The molecule has 0 aromatic heterocycles. The first kappa shape index (κ1) is 23.4. The van der Waals surface area contributed by atoms with Gasteiger partial charge in [0.2, 0.25) is 0 Å². The molecule has 1 amide bonds. The summed E-state index contributed by atoms with van der Waals surface area (Å²) in [6.45, 7) is 10.6. The molecule has 1 aliphatic rings. The number of rotatable bonds is 11. The predicted octanol–water partition coefficient (Wildman–Crippen LogP) is 2.80. The van der Waals surface area contributed by atoms with E-state index in [1.54, 1.807) is 6.08 Å². The first-order chi connectivity index (χ1) is 14.1. The summed E-state index contributed by atoms with van der Waals surface area (Å²) in [5, 5.41) is 12.6. The number of hydrogen-bond acceptors (Lipinski definition) is 5. The second-order valence-corrected chi connectivity index (χ2v) is 7.95. The summed E-state index contributed by atoms with van der Waals surface area (Å²) in [5.41, 5.74) is 2.19. The Bertz CT molecular complexity index is 612. The summed E-state index contributed by atoms with van der Waals surface area (Å²) in [7, 11) is 1.92. The number of aryl methyl sites for hydroxylation is 1. The van der Waals surface area contributed by atoms with E-state index in [9.17, 15) is 9.90 Å². The number of ether oxygens (including phenoxy) is 1. The normalized spacial score (nSPS) is 16.4. The third-order valence-corrected chi connectivity index (χ3v) is 5.65. The van der Waals surface area contributed by atoms with Crippen LogP contribution in [0.15, 0.2) is 36.9 Å². The lowest BCUT2D eigenvalue weighted by Crippen LogP contribution is -2.48. The van der Waals surface area contributed by atoms with E-state index in [0.717, 1.165) is 51.0 Å². The number of hydrogen-bond donors (Lipinski definition) is 2. The maximum absolute atomic E-state index is 12.7. The summed E-state index contributed by atoms with van der Waals surface area (Å²) < 4.78 is 5.57. The molecule has 2 rings (SSSR count). The van der Waals surface area contributed by atoms with Gasteiger partial charge in [0.15, 0.2) is 0 Å². The van der Waals surface area contributed by atoms with Crippen molar-refractivity contribution >= 4 is 6.09 Å². The van der Waals surface area contributed by atoms with Crippen LogP contribution in [0.5, 0.6) is 0 Å². The summed E-state index contributed by atoms with van der Waals surface area (Å²) in [4.78, 5) is 16.9. The molecule has 1 aromatic rings. The Balaban J connectivity index is 1.80. The van der Waals surface area contributed by atoms with Crippen LogP contribution < -0.4 is 5.32 Å². The molecule has 6 heteroatoms. The van der Waals surface area contributed by atoms with Gasteiger partial charge in [0.05, 0.1) is 0 Å². The summed E-state index contributed by atoms with van der Waals surface area (Å²) in [5.74, 6) is 0.298. The van der Waals surface area contributed by atoms with Crippen LogP contribution in [0, 0.1) is 12.8 Å². The molecular formula is C23H37N3O3. The Morgan fingerprint density at radius 1 is 1.38 bits per heavy atom. The zero-order chi connectivity index (χ0) is 21.1. The molecule has 1 heterocycles. The molecule has 1 unspecified atom stereocenters. The third kappa shape index (κ3) is 7.80. The first-order valence-electron chi connectivity index (χ1n) is 10.6. The highest BCUT2D eigenvalue weighted by atomic mass is 16.6. The number of aliphatic hydroxyl groups is 1. The molecule has 0 bridgehead atoms. The minimum atomic E-state index is -0.265. The average Bonchev–Trinajstić information content (AvgIpc) is 2.75. The monoisotopic (exact) mass is 403 g/mol. The molecule has 162 valence electrons. The van der Waals surface area contributed by atoms with Crippen LogP contribution in [-0.4, -0.2) is 73.4 Å². The first-order valence-corrected chi connectivity index (χ1v) is 10.6. The smallest absolute Gasteiger partial charge is 0.410 e. The molecule has 2 N–H and O–H groups in total. The van der Waals surface area contributed by atoms with Gasteiger partial charge in [0, 0.05) is 32.3 Å². The quantitative estimate of drug-likeness (QED) is 0.556. The number of carbonyl (C=O) groups excluding carboxylic acids is 1. The third-order valence-electron chi connectivity index (χ3n) is 5.65. The van der Waals surface area contributed by atoms with Gasteiger partial charge in [-0.05, 0) is 57.8 Å². The van der Waals surface area contributed by atoms with E-state index in [2.05, 4.69) is 16.8 Å². The summed E-state index contributed by atoms with van der Waals surface area (Å²) >= 11 is 0. The highest BCUT2D eigenvalue weighted by Gasteiger charge is 2.28. The van der Waals surface area contributed by atoms with E-state index in [1.165, 1.54) is 5.56 Å². The van der Waals surface area contributed by atoms with Crippen LogP contribution in [0.25, 0.3) is 0 Å². The van der Waals surface area contributed by atoms with Gasteiger partial charge >= 0.3 is 6.09 Å². The molecule has 0 saturated carbocycles. The minimum absolute atomic E-state index is 0.181. The second-order valence-electron chi connectivity index (χ2n) is 7.95. The molecule has 1 aromatic carbocycles. The van der Waals surface area contributed by atoms with E-state index in [0.29, 0.717) is 19.1 Å². The van der Waals surface area contributed by atoms with Crippen molar-refractivity contribution in [1.82, 2.24) is 15.1 Å². The van der Waals surface area contributed by atoms with Crippen molar-refractivity contribution in [2.75, 3.05) is 46.4 Å². The maximum Gasteiger partial charge on any atom is 0.410 e. The lowest BCUT2D eigenvalue weighted by Gasteiger charge is -2.38. The van der Waals surface area contributed by atoms with Gasteiger partial charge in [-0.3, -0.25) is 0 Å². The lowest BCUT2D eigenvalue weighted by molar-refractivity contribution is 0.0644. The second kappa shape index (κ2) is 12.6. The Kier molecular flexibility index (Phi) is 10.2. The molecule has 1 atom stereocenters. The van der Waals surface area contributed by atoms with E-state index in [-0.39, 0.29) is 18.7 Å². The number of piperidine rings is 1. The molecular weight excluding hydrogens is 366 g/mol. The van der Waals surface area contributed by atoms with Crippen LogP contribution in [0.2, 0.25) is 0 Å². The highest BCUT2D eigenvalue weighted by Crippen LogP contribution is 2.19. The summed E-state index contributed by atoms with van der Waals surface area (Å²) in [6, 6.07) is 8.22. The van der Waals surface area contributed by atoms with E-state index in [4.69, 9.17) is 4.74 Å². The maximum atomic E-state index is 12.7. The van der Waals surface area contributed by atoms with Crippen molar-refractivity contribution in [2.24, 2.45) is 5.92 Å². The molecule has 0 radical (unpaired) electrons. The van der Waals surface area contributed by atoms with Gasteiger partial charge in [-0.1, -0.05) is 35.9 Å². The molecule has 0 spiro atoms. The van der Waals surface area contributed by atoms with Crippen molar-refractivity contribution in [3.05, 3.63) is 48.0 Å². The fraction of sp³-hybridized carbons (Fsp3) is 0.609. The molecule has 6 nitrogen and oxygen atoms in total. The minimum Gasteiger partial charge on any atom is -0.445 e. The topological polar surface area (TPSA) is 65.0 Å². The molecule has 1 fully saturated rings. The molecule has 1 aliphatic heterocycles. The van der Waals surface area contributed by atoms with Crippen molar-refractivity contribution in [1.29, 1.82) is 0 Å². The number of nitrogens with one attached hydrogen (secondary N) is 1. The Morgan fingerprint density at radius 3 is 2.66 bits per heavy atom. The number of nitrogens with zero attached hydrogens (tertiary/aromatic N) is 2. The Hall–Kier alpha value is -1.89. The van der Waals surface area contributed by atoms with Gasteiger partial charge in [-0.15, -0.1) is 6.58 Å². The fourth-order valence-corrected chi connectivity index (χ4v) is 3.79. The van der Waals surface area contributed by atoms with Crippen molar-refractivity contribution in [3.63, 3.8) is 0 Å². The van der Waals surface area contributed by atoms with Gasteiger partial charge in [-0.2, -0.15) is 0 Å². The molecule has 29 heavy (non-hydrogen) atoms. The van der Waals surface area contributed by atoms with Crippen LogP contribution in [-0.2, 0) is 11.3 Å². The number of aliphatic hydroxyl groups excluding tert-OH is 1. The Labute approximate surface area is 175 Å². The van der Waals surface area contributed by atoms with Crippen molar-refractivity contribution in [3.8, 4) is 0 Å². The van der Waals surface area contributed by atoms with Crippen LogP contribution in [0.1, 0.15) is 30.4 Å². The zero-order valence-corrected chi connectivity index (χ0v) is 18.0. The van der Waals surface area contributed by atoms with Gasteiger partial charge in [-0.25, -0.2) is 4.79 Å². The van der Waals surface area contributed by atoms with E-state index >= 15 is 0 Å². The number of amides is 1. The van der Waals surface area contributed by atoms with Crippen molar-refractivity contribution < 1.29 is 14.6 Å². The van der Waals surface area contributed by atoms with Crippen molar-refractivity contribution in [2.45, 2.75) is 38.8 Å². The highest BCUT2D eigenvalue weighted by molar-refractivity contribution is 5.68. The number of benzene rings is 1. The molecule has 1 saturated heterocycles. The predicted molar refractivity (Wildman–Crippen MR) is 117 cm³/mol. The van der Waals surface area contributed by atoms with Crippen LogP contribution >= 0.6 is 0 Å². The van der Waals surface area contributed by atoms with Gasteiger partial charge < -0.3 is 25.0 Å². The number of likely N-dealkylation sites (tertiary alicyclic amines) is 1.